The molecular formula is C8H4I2N2. The van der Waals surface area contributed by atoms with E-state index in [1.54, 1.807) is 0 Å². The lowest BCUT2D eigenvalue weighted by Gasteiger charge is -1.99. The third-order valence-electron chi connectivity index (χ3n) is 1.57. The first kappa shape index (κ1) is 8.61. The van der Waals surface area contributed by atoms with Crippen molar-refractivity contribution in [2.45, 2.75) is 0 Å². The van der Waals surface area contributed by atoms with E-state index in [9.17, 15) is 0 Å². The molecule has 4 heteroatoms. The molecule has 1 aromatic heterocycles. The lowest BCUT2D eigenvalue weighted by atomic mass is 10.2. The van der Waals surface area contributed by atoms with Crippen LogP contribution in [-0.2, 0) is 0 Å². The molecule has 0 saturated heterocycles. The third-order valence-corrected chi connectivity index (χ3v) is 4.45. The van der Waals surface area contributed by atoms with Crippen molar-refractivity contribution in [3.05, 3.63) is 31.5 Å². The zero-order valence-corrected chi connectivity index (χ0v) is 10.3. The summed E-state index contributed by atoms with van der Waals surface area (Å²) in [5.74, 6) is 0. The van der Waals surface area contributed by atoms with Crippen LogP contribution in [0.4, 0.5) is 0 Å². The first-order valence-corrected chi connectivity index (χ1v) is 5.51. The number of hydrogen-bond acceptors (Lipinski definition) is 2. The van der Waals surface area contributed by atoms with Crippen LogP contribution in [0.1, 0.15) is 0 Å². The monoisotopic (exact) mass is 382 g/mol. The summed E-state index contributed by atoms with van der Waals surface area (Å²) in [5.41, 5.74) is 0.960. The van der Waals surface area contributed by atoms with Gasteiger partial charge in [0.15, 0.2) is 0 Å². The molecule has 0 saturated carbocycles. The van der Waals surface area contributed by atoms with E-state index in [1.807, 2.05) is 18.2 Å². The molecule has 12 heavy (non-hydrogen) atoms. The van der Waals surface area contributed by atoms with Crippen LogP contribution in [0.3, 0.4) is 0 Å². The minimum Gasteiger partial charge on any atom is -0.149 e. The van der Waals surface area contributed by atoms with Gasteiger partial charge < -0.3 is 0 Å². The number of halogens is 2. The summed E-state index contributed by atoms with van der Waals surface area (Å²) < 4.78 is 2.14. The quantitative estimate of drug-likeness (QED) is 0.656. The van der Waals surface area contributed by atoms with Gasteiger partial charge in [0, 0.05) is 5.39 Å². The van der Waals surface area contributed by atoms with Gasteiger partial charge in [-0.25, -0.2) is 0 Å². The molecule has 1 heterocycles. The molecule has 2 rings (SSSR count). The molecule has 0 aliphatic heterocycles. The van der Waals surface area contributed by atoms with Crippen LogP contribution in [0, 0.1) is 7.27 Å². The Morgan fingerprint density at radius 3 is 2.58 bits per heavy atom. The van der Waals surface area contributed by atoms with Crippen molar-refractivity contribution in [2.24, 2.45) is 0 Å². The molecular weight excluding hydrogens is 378 g/mol. The number of nitrogens with zero attached hydrogens (tertiary/aromatic N) is 2. The van der Waals surface area contributed by atoms with Crippen LogP contribution in [0.15, 0.2) is 24.3 Å². The maximum atomic E-state index is 4.08. The zero-order chi connectivity index (χ0) is 8.55. The summed E-state index contributed by atoms with van der Waals surface area (Å²) in [7, 11) is 0. The van der Waals surface area contributed by atoms with Crippen molar-refractivity contribution in [3.63, 3.8) is 0 Å². The predicted molar refractivity (Wildman–Crippen MR) is 65.0 cm³/mol. The second kappa shape index (κ2) is 3.41. The van der Waals surface area contributed by atoms with E-state index in [4.69, 9.17) is 0 Å². The maximum absolute atomic E-state index is 4.08. The molecule has 60 valence electrons. The van der Waals surface area contributed by atoms with Crippen molar-refractivity contribution >= 4 is 56.1 Å². The minimum atomic E-state index is 0.960. The summed E-state index contributed by atoms with van der Waals surface area (Å²) in [5, 5.41) is 9.29. The average Bonchev–Trinajstić information content (AvgIpc) is 2.12. The van der Waals surface area contributed by atoms with Crippen molar-refractivity contribution < 1.29 is 0 Å². The van der Waals surface area contributed by atoms with Gasteiger partial charge in [-0.2, -0.15) is 0 Å². The standard InChI is InChI=1S/C8H4I2N2/c9-7-5-3-1-2-4-6(5)11-12-8(7)10/h1-4H. The van der Waals surface area contributed by atoms with Gasteiger partial charge in [0.05, 0.1) is 9.09 Å². The normalized spacial score (nSPS) is 10.5. The van der Waals surface area contributed by atoms with E-state index >= 15 is 0 Å². The molecule has 2 nitrogen and oxygen atoms in total. The Kier molecular flexibility index (Phi) is 2.44. The highest BCUT2D eigenvalue weighted by Gasteiger charge is 2.03. The van der Waals surface area contributed by atoms with E-state index in [2.05, 4.69) is 61.4 Å². The maximum Gasteiger partial charge on any atom is 0.137 e. The van der Waals surface area contributed by atoms with E-state index in [1.165, 1.54) is 8.96 Å². The van der Waals surface area contributed by atoms with Gasteiger partial charge in [0.25, 0.3) is 0 Å². The molecule has 2 aromatic rings. The SMILES string of the molecule is Ic1nnc2ccccc2c1I. The van der Waals surface area contributed by atoms with Crippen LogP contribution in [-0.4, -0.2) is 10.2 Å². The molecule has 0 atom stereocenters. The van der Waals surface area contributed by atoms with Gasteiger partial charge >= 0.3 is 0 Å². The summed E-state index contributed by atoms with van der Waals surface area (Å²) in [4.78, 5) is 0. The minimum absolute atomic E-state index is 0.960. The molecule has 0 spiro atoms. The summed E-state index contributed by atoms with van der Waals surface area (Å²) in [6, 6.07) is 8.02. The number of fused-ring (bicyclic) bond motifs is 1. The Morgan fingerprint density at radius 2 is 1.75 bits per heavy atom. The van der Waals surface area contributed by atoms with E-state index in [-0.39, 0.29) is 0 Å². The van der Waals surface area contributed by atoms with Crippen molar-refractivity contribution in [1.29, 1.82) is 0 Å². The van der Waals surface area contributed by atoms with E-state index < -0.39 is 0 Å². The summed E-state index contributed by atoms with van der Waals surface area (Å²) in [6.07, 6.45) is 0. The lowest BCUT2D eigenvalue weighted by Crippen LogP contribution is -1.91. The Labute approximate surface area is 97.0 Å². The smallest absolute Gasteiger partial charge is 0.137 e. The first-order valence-electron chi connectivity index (χ1n) is 3.35. The van der Waals surface area contributed by atoms with Gasteiger partial charge in [-0.1, -0.05) is 18.2 Å². The highest BCUT2D eigenvalue weighted by atomic mass is 127. The molecule has 0 fully saturated rings. The Hall–Kier alpha value is 0.0200. The van der Waals surface area contributed by atoms with Crippen LogP contribution < -0.4 is 0 Å². The van der Waals surface area contributed by atoms with Crippen LogP contribution in [0.25, 0.3) is 10.9 Å². The fraction of sp³-hybridized carbons (Fsp3) is 0. The highest BCUT2D eigenvalue weighted by Crippen LogP contribution is 2.21. The first-order chi connectivity index (χ1) is 5.79. The third kappa shape index (κ3) is 1.41. The van der Waals surface area contributed by atoms with Gasteiger partial charge in [-0.3, -0.25) is 0 Å². The van der Waals surface area contributed by atoms with E-state index in [0.717, 1.165) is 9.22 Å². The zero-order valence-electron chi connectivity index (χ0n) is 5.96. The largest absolute Gasteiger partial charge is 0.149 e. The molecule has 1 aromatic carbocycles. The van der Waals surface area contributed by atoms with Gasteiger partial charge in [0.1, 0.15) is 3.70 Å². The second-order valence-corrected chi connectivity index (χ2v) is 4.42. The molecule has 0 amide bonds. The number of hydrogen-bond donors (Lipinski definition) is 0. The number of benzene rings is 1. The molecule has 0 aliphatic carbocycles. The molecule has 0 bridgehead atoms. The van der Waals surface area contributed by atoms with Crippen LogP contribution in [0.5, 0.6) is 0 Å². The van der Waals surface area contributed by atoms with E-state index in [0.29, 0.717) is 0 Å². The Bertz CT molecular complexity index is 428. The van der Waals surface area contributed by atoms with Crippen LogP contribution >= 0.6 is 45.2 Å². The fourth-order valence-electron chi connectivity index (χ4n) is 0.999. The molecule has 0 aliphatic rings. The number of aromatic nitrogens is 2. The summed E-state index contributed by atoms with van der Waals surface area (Å²) >= 11 is 4.48. The van der Waals surface area contributed by atoms with Gasteiger partial charge in [0.2, 0.25) is 0 Å². The average molecular weight is 382 g/mol. The van der Waals surface area contributed by atoms with Crippen molar-refractivity contribution in [3.8, 4) is 0 Å². The molecule has 0 unspecified atom stereocenters. The van der Waals surface area contributed by atoms with Crippen molar-refractivity contribution in [2.75, 3.05) is 0 Å². The highest BCUT2D eigenvalue weighted by molar-refractivity contribution is 14.1. The number of rotatable bonds is 0. The fourth-order valence-corrected chi connectivity index (χ4v) is 1.96. The Balaban J connectivity index is 2.91. The van der Waals surface area contributed by atoms with Gasteiger partial charge in [-0.05, 0) is 51.2 Å². The second-order valence-electron chi connectivity index (χ2n) is 2.32. The van der Waals surface area contributed by atoms with Gasteiger partial charge in [-0.15, -0.1) is 10.2 Å². The summed E-state index contributed by atoms with van der Waals surface area (Å²) in [6.45, 7) is 0. The topological polar surface area (TPSA) is 25.8 Å². The van der Waals surface area contributed by atoms with Crippen LogP contribution in [0.2, 0.25) is 0 Å². The molecule has 0 radical (unpaired) electrons. The Morgan fingerprint density at radius 1 is 1.00 bits per heavy atom. The van der Waals surface area contributed by atoms with Crippen molar-refractivity contribution in [1.82, 2.24) is 10.2 Å². The lowest BCUT2D eigenvalue weighted by molar-refractivity contribution is 1.04. The predicted octanol–water partition coefficient (Wildman–Crippen LogP) is 2.84. The molecule has 0 N–H and O–H groups in total.